The first-order valence-corrected chi connectivity index (χ1v) is 14.1. The third-order valence-corrected chi connectivity index (χ3v) is 9.31. The Kier molecular flexibility index (Phi) is 8.93. The zero-order chi connectivity index (χ0) is 33.1. The van der Waals surface area contributed by atoms with Crippen molar-refractivity contribution in [1.29, 1.82) is 0 Å². The zero-order valence-corrected chi connectivity index (χ0v) is 24.7. The van der Waals surface area contributed by atoms with Crippen LogP contribution in [0.5, 0.6) is 5.75 Å². The molecule has 0 bridgehead atoms. The molecule has 3 nitrogen and oxygen atoms in total. The highest BCUT2D eigenvalue weighted by Crippen LogP contribution is 2.53. The summed E-state index contributed by atoms with van der Waals surface area (Å²) in [6, 6.07) is 2.20. The average molecular weight is 656 g/mol. The van der Waals surface area contributed by atoms with Gasteiger partial charge in [-0.1, -0.05) is 32.5 Å². The molecule has 0 N–H and O–H groups in total. The van der Waals surface area contributed by atoms with Gasteiger partial charge in [0.1, 0.15) is 11.6 Å². The van der Waals surface area contributed by atoms with E-state index in [2.05, 4.69) is 0 Å². The molecule has 1 aliphatic carbocycles. The number of hydrogen-bond acceptors (Lipinski definition) is 3. The number of alkyl halides is 7. The minimum absolute atomic E-state index is 0.0154. The number of methoxy groups -OCH3 is 1. The molecule has 2 aliphatic rings. The van der Waals surface area contributed by atoms with Gasteiger partial charge in [0.2, 0.25) is 0 Å². The number of rotatable bonds is 6. The topological polar surface area (TPSA) is 29.5 Å². The van der Waals surface area contributed by atoms with Crippen molar-refractivity contribution in [3.8, 4) is 5.75 Å². The first-order chi connectivity index (χ1) is 20.2. The van der Waals surface area contributed by atoms with Gasteiger partial charge in [-0.3, -0.25) is 4.79 Å². The SMILES string of the molecule is COc1cc(F)c(C(C)C)cc1C1=CC(F)=C(F)C(F)C1(C)CN1C(=O)S[C@H](c2cc(C(F)(F)F)cc(C(F)(F)F)c2)[C@@H]1C. The maximum absolute atomic E-state index is 15.9. The van der Waals surface area contributed by atoms with Gasteiger partial charge in [-0.2, -0.15) is 26.3 Å². The smallest absolute Gasteiger partial charge is 0.416 e. The highest BCUT2D eigenvalue weighted by Gasteiger charge is 2.51. The Hall–Kier alpha value is -3.16. The number of amides is 1. The van der Waals surface area contributed by atoms with Crippen molar-refractivity contribution in [2.75, 3.05) is 13.7 Å². The number of ether oxygens (including phenoxy) is 1. The van der Waals surface area contributed by atoms with Crippen molar-refractivity contribution in [3.05, 3.63) is 81.7 Å². The van der Waals surface area contributed by atoms with Crippen LogP contribution in [0.2, 0.25) is 0 Å². The largest absolute Gasteiger partial charge is 0.496 e. The molecule has 0 saturated carbocycles. The Bertz CT molecular complexity index is 1500. The van der Waals surface area contributed by atoms with E-state index in [0.717, 1.165) is 11.0 Å². The molecule has 1 heterocycles. The second-order valence-electron chi connectivity index (χ2n) is 11.3. The van der Waals surface area contributed by atoms with Gasteiger partial charge in [0.25, 0.3) is 5.24 Å². The lowest BCUT2D eigenvalue weighted by Crippen LogP contribution is -2.47. The third kappa shape index (κ3) is 6.05. The molecule has 44 heavy (non-hydrogen) atoms. The van der Waals surface area contributed by atoms with E-state index in [0.29, 0.717) is 30.0 Å². The van der Waals surface area contributed by atoms with Crippen LogP contribution in [0.1, 0.15) is 66.7 Å². The van der Waals surface area contributed by atoms with E-state index in [1.54, 1.807) is 13.8 Å². The predicted molar refractivity (Wildman–Crippen MR) is 146 cm³/mol. The summed E-state index contributed by atoms with van der Waals surface area (Å²) in [5.74, 6) is -4.50. The number of thioether (sulfide) groups is 1. The van der Waals surface area contributed by atoms with Crippen LogP contribution in [0.15, 0.2) is 48.1 Å². The van der Waals surface area contributed by atoms with Gasteiger partial charge in [-0.15, -0.1) is 0 Å². The van der Waals surface area contributed by atoms with Crippen molar-refractivity contribution in [2.45, 2.75) is 63.4 Å². The van der Waals surface area contributed by atoms with Gasteiger partial charge < -0.3 is 9.64 Å². The molecule has 4 atom stereocenters. The quantitative estimate of drug-likeness (QED) is 0.290. The van der Waals surface area contributed by atoms with Crippen molar-refractivity contribution in [3.63, 3.8) is 0 Å². The summed E-state index contributed by atoms with van der Waals surface area (Å²) in [7, 11) is 1.19. The molecule has 0 aromatic heterocycles. The molecule has 1 aliphatic heterocycles. The van der Waals surface area contributed by atoms with Crippen molar-refractivity contribution in [2.24, 2.45) is 5.41 Å². The van der Waals surface area contributed by atoms with Crippen LogP contribution in [0.4, 0.5) is 48.7 Å². The fourth-order valence-corrected chi connectivity index (χ4v) is 6.70. The first kappa shape index (κ1) is 33.7. The van der Waals surface area contributed by atoms with Gasteiger partial charge in [-0.05, 0) is 59.9 Å². The Morgan fingerprint density at radius 1 is 0.977 bits per heavy atom. The van der Waals surface area contributed by atoms with E-state index in [-0.39, 0.29) is 34.4 Å². The maximum atomic E-state index is 15.9. The van der Waals surface area contributed by atoms with E-state index in [9.17, 15) is 44.3 Å². The summed E-state index contributed by atoms with van der Waals surface area (Å²) < 4.78 is 146. The first-order valence-electron chi connectivity index (χ1n) is 13.3. The fourth-order valence-electron chi connectivity index (χ4n) is 5.50. The van der Waals surface area contributed by atoms with Crippen molar-refractivity contribution in [1.82, 2.24) is 4.90 Å². The summed E-state index contributed by atoms with van der Waals surface area (Å²) >= 11 is 0.433. The van der Waals surface area contributed by atoms with Gasteiger partial charge in [-0.25, -0.2) is 17.6 Å². The number of hydrogen-bond donors (Lipinski definition) is 0. The molecule has 1 fully saturated rings. The molecule has 240 valence electrons. The van der Waals surface area contributed by atoms with Gasteiger partial charge in [0, 0.05) is 29.6 Å². The molecule has 14 heteroatoms. The van der Waals surface area contributed by atoms with Crippen LogP contribution in [0, 0.1) is 11.2 Å². The van der Waals surface area contributed by atoms with E-state index in [4.69, 9.17) is 4.74 Å². The molecule has 0 spiro atoms. The van der Waals surface area contributed by atoms with E-state index >= 15 is 4.39 Å². The Morgan fingerprint density at radius 3 is 2.05 bits per heavy atom. The average Bonchev–Trinajstić information content (AvgIpc) is 3.20. The van der Waals surface area contributed by atoms with Crippen LogP contribution >= 0.6 is 11.8 Å². The van der Waals surface area contributed by atoms with Crippen LogP contribution in [0.25, 0.3) is 5.57 Å². The van der Waals surface area contributed by atoms with E-state index < -0.39 is 81.2 Å². The molecule has 2 aromatic rings. The van der Waals surface area contributed by atoms with Crippen LogP contribution < -0.4 is 4.74 Å². The Balaban J connectivity index is 1.80. The van der Waals surface area contributed by atoms with Crippen molar-refractivity contribution < 1.29 is 53.4 Å². The Morgan fingerprint density at radius 2 is 1.55 bits per heavy atom. The number of allylic oxidation sites excluding steroid dienone is 3. The second-order valence-corrected chi connectivity index (χ2v) is 12.4. The van der Waals surface area contributed by atoms with Gasteiger partial charge in [0.15, 0.2) is 17.8 Å². The maximum Gasteiger partial charge on any atom is 0.416 e. The number of benzene rings is 2. The summed E-state index contributed by atoms with van der Waals surface area (Å²) in [4.78, 5) is 14.2. The molecule has 1 amide bonds. The summed E-state index contributed by atoms with van der Waals surface area (Å²) in [5, 5.41) is -2.08. The van der Waals surface area contributed by atoms with E-state index in [1.165, 1.54) is 27.0 Å². The highest BCUT2D eigenvalue weighted by molar-refractivity contribution is 8.14. The van der Waals surface area contributed by atoms with Gasteiger partial charge >= 0.3 is 12.4 Å². The molecule has 2 unspecified atom stereocenters. The minimum Gasteiger partial charge on any atom is -0.496 e. The van der Waals surface area contributed by atoms with Gasteiger partial charge in [0.05, 0.1) is 23.5 Å². The van der Waals surface area contributed by atoms with Crippen LogP contribution in [-0.4, -0.2) is 36.0 Å². The lowest BCUT2D eigenvalue weighted by Gasteiger charge is -2.41. The summed E-state index contributed by atoms with van der Waals surface area (Å²) in [5.41, 5.74) is -5.65. The third-order valence-electron chi connectivity index (χ3n) is 7.96. The van der Waals surface area contributed by atoms with Crippen LogP contribution in [0.3, 0.4) is 0 Å². The lowest BCUT2D eigenvalue weighted by molar-refractivity contribution is -0.143. The summed E-state index contributed by atoms with van der Waals surface area (Å²) in [6.07, 6.45) is -12.2. The monoisotopic (exact) mass is 655 g/mol. The molecular weight excluding hydrogens is 628 g/mol. The van der Waals surface area contributed by atoms with E-state index in [1.807, 2.05) is 0 Å². The normalized spacial score (nSPS) is 24.8. The standard InChI is InChI=1S/C30H27F10NO2S/c1-13(2)18-9-19(23(43-5)11-21(18)31)20-10-22(32)24(33)26(34)28(20,4)12-41-14(3)25(44-27(41)42)15-6-16(29(35,36)37)8-17(7-15)30(38,39)40/h6-11,13-14,25-26H,12H2,1-5H3/t14-,25-,26?,28?/m0/s1. The second kappa shape index (κ2) is 11.6. The number of halogens is 10. The number of carbonyl (C=O) groups excluding carboxylic acids is 1. The summed E-state index contributed by atoms with van der Waals surface area (Å²) in [6.45, 7) is 5.22. The molecule has 0 radical (unpaired) electrons. The predicted octanol–water partition coefficient (Wildman–Crippen LogP) is 10.2. The van der Waals surface area contributed by atoms with Crippen LogP contribution in [-0.2, 0) is 12.4 Å². The lowest BCUT2D eigenvalue weighted by atomic mass is 9.70. The Labute approximate surface area is 250 Å². The minimum atomic E-state index is -5.13. The van der Waals surface area contributed by atoms with Crippen molar-refractivity contribution >= 4 is 22.6 Å². The molecule has 1 saturated heterocycles. The number of carbonyl (C=O) groups is 1. The molecular formula is C30H27F10NO2S. The zero-order valence-electron chi connectivity index (χ0n) is 23.9. The molecule has 2 aromatic carbocycles. The fraction of sp³-hybridized carbons (Fsp3) is 0.433. The molecule has 4 rings (SSSR count). The highest BCUT2D eigenvalue weighted by atomic mass is 32.2. The number of nitrogens with zero attached hydrogens (tertiary/aromatic N) is 1.